The van der Waals surface area contributed by atoms with Gasteiger partial charge in [-0.05, 0) is 86.3 Å². The van der Waals surface area contributed by atoms with Crippen molar-refractivity contribution >= 4 is 29.3 Å². The summed E-state index contributed by atoms with van der Waals surface area (Å²) < 4.78 is 44.5. The van der Waals surface area contributed by atoms with E-state index in [4.69, 9.17) is 0 Å². The molecule has 2 aromatic carbocycles. The van der Waals surface area contributed by atoms with Crippen molar-refractivity contribution < 1.29 is 32.3 Å². The lowest BCUT2D eigenvalue weighted by molar-refractivity contribution is -0.173. The highest BCUT2D eigenvalue weighted by molar-refractivity contribution is 6.20. The smallest absolute Gasteiger partial charge is 0.285 e. The van der Waals surface area contributed by atoms with E-state index < -0.39 is 58.9 Å². The molecule has 0 spiro atoms. The second-order valence-corrected chi connectivity index (χ2v) is 12.2. The first kappa shape index (κ1) is 26.7. The number of rotatable bonds is 3. The van der Waals surface area contributed by atoms with E-state index in [9.17, 15) is 32.3 Å². The summed E-state index contributed by atoms with van der Waals surface area (Å²) in [6.45, 7) is 6.37. The molecule has 7 atom stereocenters. The predicted octanol–water partition coefficient (Wildman–Crippen LogP) is 4.86. The number of piperidine rings is 2. The van der Waals surface area contributed by atoms with Crippen molar-refractivity contribution in [2.45, 2.75) is 52.1 Å². The van der Waals surface area contributed by atoms with Crippen LogP contribution in [0.25, 0.3) is 0 Å². The van der Waals surface area contributed by atoms with Crippen LogP contribution in [0.1, 0.15) is 47.6 Å². The molecule has 4 aliphatic rings. The fraction of sp³-hybridized carbons (Fsp3) is 0.484. The SMILES string of the molecule is Cc1ccc(C(C)(c2ccc(C)c(N3C(=O)C4CC(C3=O)C3C5CC(C(=O)N(C)C5=O)C43)c2)C(F)(F)F)cc1C. The van der Waals surface area contributed by atoms with Gasteiger partial charge in [0.2, 0.25) is 23.6 Å². The summed E-state index contributed by atoms with van der Waals surface area (Å²) in [6, 6.07) is 8.91. The summed E-state index contributed by atoms with van der Waals surface area (Å²) in [5, 5.41) is 0. The molecule has 4 bridgehead atoms. The van der Waals surface area contributed by atoms with Crippen molar-refractivity contribution in [3.63, 3.8) is 0 Å². The van der Waals surface area contributed by atoms with E-state index in [0.29, 0.717) is 12.0 Å². The maximum Gasteiger partial charge on any atom is 0.402 e. The Kier molecular flexibility index (Phi) is 5.68. The van der Waals surface area contributed by atoms with Gasteiger partial charge in [-0.15, -0.1) is 0 Å². The van der Waals surface area contributed by atoms with Crippen LogP contribution in [0.5, 0.6) is 0 Å². The maximum atomic E-state index is 14.8. The summed E-state index contributed by atoms with van der Waals surface area (Å²) in [7, 11) is 1.44. The quantitative estimate of drug-likeness (QED) is 0.403. The molecule has 2 aliphatic heterocycles. The number of alkyl halides is 3. The number of hydrogen-bond acceptors (Lipinski definition) is 4. The standard InChI is InChI=1S/C31H31F3N2O4/c1-14-6-8-17(10-16(14)3)30(4,31(32,33)34)18-9-7-15(2)23(11-18)36-28(39)21-13-22(29(36)40)25-20-12-19(24(21)25)26(37)35(5)27(20)38/h6-11,19-22,24-25H,12-13H2,1-5H3. The van der Waals surface area contributed by atoms with Gasteiger partial charge in [0.05, 0.1) is 5.69 Å². The van der Waals surface area contributed by atoms with Crippen molar-refractivity contribution in [2.24, 2.45) is 35.5 Å². The van der Waals surface area contributed by atoms with Crippen LogP contribution in [-0.4, -0.2) is 41.8 Å². The fourth-order valence-corrected chi connectivity index (χ4v) is 7.86. The van der Waals surface area contributed by atoms with Crippen LogP contribution in [0.4, 0.5) is 18.9 Å². The number of aryl methyl sites for hydroxylation is 3. The maximum absolute atomic E-state index is 14.8. The average Bonchev–Trinajstić information content (AvgIpc) is 3.43. The summed E-state index contributed by atoms with van der Waals surface area (Å²) in [6.07, 6.45) is -4.06. The molecule has 0 aromatic heterocycles. The van der Waals surface area contributed by atoms with E-state index in [0.717, 1.165) is 27.9 Å². The highest BCUT2D eigenvalue weighted by Crippen LogP contribution is 2.61. The Hall–Kier alpha value is -3.49. The Morgan fingerprint density at radius 3 is 1.60 bits per heavy atom. The van der Waals surface area contributed by atoms with Crippen molar-refractivity contribution in [2.75, 3.05) is 11.9 Å². The van der Waals surface area contributed by atoms with Crippen molar-refractivity contribution in [1.29, 1.82) is 0 Å². The number of amides is 4. The van der Waals surface area contributed by atoms with E-state index >= 15 is 0 Å². The predicted molar refractivity (Wildman–Crippen MR) is 140 cm³/mol. The highest BCUT2D eigenvalue weighted by Gasteiger charge is 2.68. The third kappa shape index (κ3) is 3.35. The molecule has 0 N–H and O–H groups in total. The third-order valence-corrected chi connectivity index (χ3v) is 10.4. The molecule has 2 aromatic rings. The van der Waals surface area contributed by atoms with Crippen molar-refractivity contribution in [3.05, 3.63) is 64.2 Å². The number of hydrogen-bond donors (Lipinski definition) is 0. The largest absolute Gasteiger partial charge is 0.402 e. The Balaban J connectivity index is 1.45. The number of imide groups is 2. The topological polar surface area (TPSA) is 74.8 Å². The van der Waals surface area contributed by atoms with Crippen LogP contribution < -0.4 is 4.90 Å². The number of carbonyl (C=O) groups excluding carboxylic acids is 4. The van der Waals surface area contributed by atoms with Gasteiger partial charge in [-0.2, -0.15) is 13.2 Å². The molecule has 2 saturated carbocycles. The minimum absolute atomic E-state index is 0.0674. The van der Waals surface area contributed by atoms with Crippen LogP contribution in [0.2, 0.25) is 0 Å². The van der Waals surface area contributed by atoms with Gasteiger partial charge in [0.1, 0.15) is 5.41 Å². The number of halogens is 3. The summed E-state index contributed by atoms with van der Waals surface area (Å²) in [5.41, 5.74) is -0.188. The van der Waals surface area contributed by atoms with E-state index in [1.165, 1.54) is 37.4 Å². The monoisotopic (exact) mass is 552 g/mol. The molecular formula is C31H31F3N2O4. The van der Waals surface area contributed by atoms with Crippen LogP contribution in [0.3, 0.4) is 0 Å². The van der Waals surface area contributed by atoms with E-state index in [1.807, 2.05) is 6.92 Å². The van der Waals surface area contributed by atoms with Crippen LogP contribution in [0.15, 0.2) is 36.4 Å². The van der Waals surface area contributed by atoms with Crippen molar-refractivity contribution in [1.82, 2.24) is 4.90 Å². The fourth-order valence-electron chi connectivity index (χ4n) is 7.86. The van der Waals surface area contributed by atoms with Gasteiger partial charge in [0, 0.05) is 30.7 Å². The molecule has 4 amide bonds. The molecule has 9 heteroatoms. The molecule has 2 saturated heterocycles. The van der Waals surface area contributed by atoms with Gasteiger partial charge in [-0.1, -0.05) is 30.3 Å². The molecule has 6 nitrogen and oxygen atoms in total. The normalized spacial score (nSPS) is 31.1. The lowest BCUT2D eigenvalue weighted by Crippen LogP contribution is -2.51. The number of fused-ring (bicyclic) bond motifs is 9. The van der Waals surface area contributed by atoms with Crippen LogP contribution in [0, 0.1) is 56.3 Å². The van der Waals surface area contributed by atoms with Crippen LogP contribution in [-0.2, 0) is 24.6 Å². The number of likely N-dealkylation sites (tertiary alicyclic amines) is 1. The number of carbonyl (C=O) groups is 4. The molecule has 7 unspecified atom stereocenters. The summed E-state index contributed by atoms with van der Waals surface area (Å²) in [5.74, 6) is -4.75. The Labute approximate surface area is 230 Å². The molecule has 2 aliphatic carbocycles. The second kappa shape index (κ2) is 8.51. The zero-order valence-corrected chi connectivity index (χ0v) is 23.0. The van der Waals surface area contributed by atoms with Gasteiger partial charge in [0.15, 0.2) is 0 Å². The third-order valence-electron chi connectivity index (χ3n) is 10.4. The minimum Gasteiger partial charge on any atom is -0.285 e. The Morgan fingerprint density at radius 2 is 1.12 bits per heavy atom. The molecule has 4 fully saturated rings. The van der Waals surface area contributed by atoms with Gasteiger partial charge in [-0.25, -0.2) is 4.90 Å². The van der Waals surface area contributed by atoms with Gasteiger partial charge < -0.3 is 0 Å². The first-order valence-corrected chi connectivity index (χ1v) is 13.6. The lowest BCUT2D eigenvalue weighted by atomic mass is 9.74. The molecule has 210 valence electrons. The molecule has 6 rings (SSSR count). The highest BCUT2D eigenvalue weighted by atomic mass is 19.4. The summed E-state index contributed by atoms with van der Waals surface area (Å²) in [4.78, 5) is 55.9. The summed E-state index contributed by atoms with van der Waals surface area (Å²) >= 11 is 0. The number of nitrogens with zero attached hydrogens (tertiary/aromatic N) is 2. The Bertz CT molecular complexity index is 1450. The van der Waals surface area contributed by atoms with Crippen LogP contribution >= 0.6 is 0 Å². The molecular weight excluding hydrogens is 521 g/mol. The first-order chi connectivity index (χ1) is 18.7. The lowest BCUT2D eigenvalue weighted by Gasteiger charge is -2.37. The van der Waals surface area contributed by atoms with E-state index in [2.05, 4.69) is 0 Å². The van der Waals surface area contributed by atoms with Gasteiger partial charge >= 0.3 is 6.18 Å². The van der Waals surface area contributed by atoms with E-state index in [1.54, 1.807) is 19.9 Å². The minimum atomic E-state index is -4.67. The zero-order chi connectivity index (χ0) is 29.0. The van der Waals surface area contributed by atoms with Gasteiger partial charge in [0.25, 0.3) is 0 Å². The molecule has 2 heterocycles. The Morgan fingerprint density at radius 1 is 0.675 bits per heavy atom. The average molecular weight is 553 g/mol. The molecule has 0 radical (unpaired) electrons. The first-order valence-electron chi connectivity index (χ1n) is 13.6. The molecule has 40 heavy (non-hydrogen) atoms. The second-order valence-electron chi connectivity index (χ2n) is 12.2. The van der Waals surface area contributed by atoms with Gasteiger partial charge in [-0.3, -0.25) is 24.1 Å². The number of benzene rings is 2. The number of anilines is 1. The zero-order valence-electron chi connectivity index (χ0n) is 23.0. The van der Waals surface area contributed by atoms with E-state index in [-0.39, 0.29) is 35.0 Å². The van der Waals surface area contributed by atoms with Crippen molar-refractivity contribution in [3.8, 4) is 0 Å².